The second kappa shape index (κ2) is 9.62. The number of methoxy groups -OCH3 is 1. The van der Waals surface area contributed by atoms with Crippen LogP contribution in [0.1, 0.15) is 38.7 Å². The summed E-state index contributed by atoms with van der Waals surface area (Å²) in [4.78, 5) is 24.2. The summed E-state index contributed by atoms with van der Waals surface area (Å²) >= 11 is 1.34. The summed E-state index contributed by atoms with van der Waals surface area (Å²) in [6.45, 7) is 0.780. The minimum absolute atomic E-state index is 0.0562. The zero-order valence-corrected chi connectivity index (χ0v) is 18.0. The fourth-order valence-corrected chi connectivity index (χ4v) is 4.57. The highest BCUT2D eigenvalue weighted by Gasteiger charge is 2.28. The number of ether oxygens (including phenoxy) is 2. The molecule has 31 heavy (non-hydrogen) atoms. The Morgan fingerprint density at radius 1 is 1.06 bits per heavy atom. The van der Waals surface area contributed by atoms with Gasteiger partial charge in [0.05, 0.1) is 7.11 Å². The quantitative estimate of drug-likeness (QED) is 0.396. The topological polar surface area (TPSA) is 64.6 Å². The van der Waals surface area contributed by atoms with Gasteiger partial charge in [-0.15, -0.1) is 11.3 Å². The van der Waals surface area contributed by atoms with E-state index >= 15 is 0 Å². The summed E-state index contributed by atoms with van der Waals surface area (Å²) in [6, 6.07) is 18.3. The van der Waals surface area contributed by atoms with E-state index in [2.05, 4.69) is 29.6 Å². The molecule has 1 aliphatic carbocycles. The molecule has 0 atom stereocenters. The maximum absolute atomic E-state index is 12.2. The monoisotopic (exact) mass is 433 g/mol. The summed E-state index contributed by atoms with van der Waals surface area (Å²) in [5.41, 5.74) is 5.75. The van der Waals surface area contributed by atoms with Crippen LogP contribution in [0, 0.1) is 0 Å². The van der Waals surface area contributed by atoms with Gasteiger partial charge in [0, 0.05) is 12.5 Å². The van der Waals surface area contributed by atoms with Crippen molar-refractivity contribution in [3.63, 3.8) is 0 Å². The Kier molecular flexibility index (Phi) is 6.48. The number of rotatable bonds is 7. The van der Waals surface area contributed by atoms with Gasteiger partial charge in [0.1, 0.15) is 11.5 Å². The van der Waals surface area contributed by atoms with Crippen LogP contribution in [-0.4, -0.2) is 32.3 Å². The number of carbonyl (C=O) groups excluding carboxylic acids is 2. The molecule has 158 valence electrons. The zero-order valence-electron chi connectivity index (χ0n) is 17.2. The Hall–Kier alpha value is -3.38. The number of nitrogens with one attached hydrogen (secondary N) is 1. The highest BCUT2D eigenvalue weighted by atomic mass is 32.1. The van der Waals surface area contributed by atoms with Crippen molar-refractivity contribution in [1.82, 2.24) is 5.32 Å². The molecule has 1 aliphatic rings. The molecule has 0 unspecified atom stereocenters. The Labute approximate surface area is 185 Å². The summed E-state index contributed by atoms with van der Waals surface area (Å²) in [7, 11) is 1.37. The summed E-state index contributed by atoms with van der Waals surface area (Å²) < 4.78 is 10.2. The van der Waals surface area contributed by atoms with Crippen LogP contribution >= 0.6 is 11.3 Å². The third kappa shape index (κ3) is 4.70. The molecule has 1 N–H and O–H groups in total. The second-order valence-corrected chi connectivity index (χ2v) is 8.09. The van der Waals surface area contributed by atoms with Crippen LogP contribution < -0.4 is 5.32 Å². The lowest BCUT2D eigenvalue weighted by Crippen LogP contribution is -2.26. The van der Waals surface area contributed by atoms with Gasteiger partial charge >= 0.3 is 12.1 Å². The predicted octanol–water partition coefficient (Wildman–Crippen LogP) is 5.48. The van der Waals surface area contributed by atoms with E-state index in [1.54, 1.807) is 6.07 Å². The van der Waals surface area contributed by atoms with Gasteiger partial charge in [0.2, 0.25) is 0 Å². The average Bonchev–Trinajstić information content (AvgIpc) is 3.40. The highest BCUT2D eigenvalue weighted by Crippen LogP contribution is 2.44. The van der Waals surface area contributed by atoms with Crippen molar-refractivity contribution in [3.8, 4) is 11.1 Å². The van der Waals surface area contributed by atoms with Crippen LogP contribution in [0.2, 0.25) is 0 Å². The van der Waals surface area contributed by atoms with Gasteiger partial charge in [-0.1, -0.05) is 60.7 Å². The van der Waals surface area contributed by atoms with E-state index in [1.807, 2.05) is 41.8 Å². The standard InChI is InChI=1S/C25H23NO4S/c1-29-24(27)23-14-17(16-31-23)8-6-7-13-26-25(28)30-15-22-20-11-4-2-9-18(20)19-10-3-5-12-21(19)22/h2-6,8-12,14,16,22H,7,13,15H2,1H3,(H,26,28). The van der Waals surface area contributed by atoms with Gasteiger partial charge in [-0.05, 0) is 45.7 Å². The lowest BCUT2D eigenvalue weighted by atomic mass is 9.98. The summed E-state index contributed by atoms with van der Waals surface area (Å²) in [5, 5.41) is 4.68. The minimum atomic E-state index is -0.418. The molecule has 1 heterocycles. The van der Waals surface area contributed by atoms with Crippen molar-refractivity contribution >= 4 is 29.5 Å². The molecule has 0 fully saturated rings. The van der Waals surface area contributed by atoms with Crippen LogP contribution in [-0.2, 0) is 9.47 Å². The van der Waals surface area contributed by atoms with Crippen LogP contribution in [0.25, 0.3) is 17.2 Å². The molecule has 0 bridgehead atoms. The van der Waals surface area contributed by atoms with E-state index in [1.165, 1.54) is 40.7 Å². The van der Waals surface area contributed by atoms with E-state index in [9.17, 15) is 9.59 Å². The van der Waals surface area contributed by atoms with Gasteiger partial charge in [0.15, 0.2) is 0 Å². The van der Waals surface area contributed by atoms with E-state index in [0.717, 1.165) is 5.56 Å². The molecule has 4 rings (SSSR count). The van der Waals surface area contributed by atoms with Crippen molar-refractivity contribution in [1.29, 1.82) is 0 Å². The molecular formula is C25H23NO4S. The number of fused-ring (bicyclic) bond motifs is 3. The molecule has 0 radical (unpaired) electrons. The second-order valence-electron chi connectivity index (χ2n) is 7.18. The Balaban J connectivity index is 1.25. The van der Waals surface area contributed by atoms with Crippen molar-refractivity contribution in [2.75, 3.05) is 20.3 Å². The molecule has 5 nitrogen and oxygen atoms in total. The van der Waals surface area contributed by atoms with Crippen molar-refractivity contribution in [3.05, 3.63) is 87.6 Å². The molecular weight excluding hydrogens is 410 g/mol. The average molecular weight is 434 g/mol. The number of esters is 1. The van der Waals surface area contributed by atoms with Crippen molar-refractivity contribution < 1.29 is 19.1 Å². The number of alkyl carbamates (subject to hydrolysis) is 1. The fourth-order valence-electron chi connectivity index (χ4n) is 3.77. The Bertz CT molecular complexity index is 1070. The summed E-state index contributed by atoms with van der Waals surface area (Å²) in [5.74, 6) is -0.276. The van der Waals surface area contributed by atoms with E-state index in [0.29, 0.717) is 24.4 Å². The number of thiophene rings is 1. The normalized spacial score (nSPS) is 12.4. The van der Waals surface area contributed by atoms with Crippen LogP contribution in [0.3, 0.4) is 0 Å². The molecule has 1 amide bonds. The van der Waals surface area contributed by atoms with Gasteiger partial charge in [-0.25, -0.2) is 9.59 Å². The molecule has 6 heteroatoms. The zero-order chi connectivity index (χ0) is 21.6. The van der Waals surface area contributed by atoms with Crippen LogP contribution in [0.4, 0.5) is 4.79 Å². The first-order chi connectivity index (χ1) is 15.2. The lowest BCUT2D eigenvalue weighted by molar-refractivity contribution is 0.0606. The largest absolute Gasteiger partial charge is 0.465 e. The molecule has 0 aliphatic heterocycles. The highest BCUT2D eigenvalue weighted by molar-refractivity contribution is 7.12. The smallest absolute Gasteiger partial charge is 0.407 e. The maximum Gasteiger partial charge on any atom is 0.407 e. The lowest BCUT2D eigenvalue weighted by Gasteiger charge is -2.14. The first-order valence-electron chi connectivity index (χ1n) is 10.1. The third-order valence-electron chi connectivity index (χ3n) is 5.24. The first-order valence-corrected chi connectivity index (χ1v) is 11.0. The Morgan fingerprint density at radius 3 is 2.42 bits per heavy atom. The number of hydrogen-bond acceptors (Lipinski definition) is 5. The molecule has 2 aromatic carbocycles. The molecule has 0 saturated carbocycles. The van der Waals surface area contributed by atoms with E-state index in [-0.39, 0.29) is 11.9 Å². The van der Waals surface area contributed by atoms with E-state index < -0.39 is 6.09 Å². The maximum atomic E-state index is 12.2. The van der Waals surface area contributed by atoms with Crippen LogP contribution in [0.5, 0.6) is 0 Å². The fraction of sp³-hybridized carbons (Fsp3) is 0.200. The molecule has 3 aromatic rings. The predicted molar refractivity (Wildman–Crippen MR) is 122 cm³/mol. The van der Waals surface area contributed by atoms with Crippen molar-refractivity contribution in [2.45, 2.75) is 12.3 Å². The van der Waals surface area contributed by atoms with Crippen molar-refractivity contribution in [2.24, 2.45) is 0 Å². The van der Waals surface area contributed by atoms with Gasteiger partial charge < -0.3 is 14.8 Å². The summed E-state index contributed by atoms with van der Waals surface area (Å²) in [6.07, 6.45) is 4.11. The number of carbonyl (C=O) groups is 2. The molecule has 0 saturated heterocycles. The third-order valence-corrected chi connectivity index (χ3v) is 6.17. The van der Waals surface area contributed by atoms with Gasteiger partial charge in [-0.2, -0.15) is 0 Å². The number of hydrogen-bond donors (Lipinski definition) is 1. The molecule has 1 aromatic heterocycles. The van der Waals surface area contributed by atoms with Gasteiger partial charge in [-0.3, -0.25) is 0 Å². The number of amides is 1. The van der Waals surface area contributed by atoms with Crippen LogP contribution in [0.15, 0.2) is 66.1 Å². The van der Waals surface area contributed by atoms with E-state index in [4.69, 9.17) is 9.47 Å². The minimum Gasteiger partial charge on any atom is -0.465 e. The van der Waals surface area contributed by atoms with Gasteiger partial charge in [0.25, 0.3) is 0 Å². The Morgan fingerprint density at radius 2 is 1.74 bits per heavy atom. The first kappa shape index (κ1) is 20.9. The SMILES string of the molecule is COC(=O)c1cc(C=CCCNC(=O)OCC2c3ccccc3-c3ccccc32)cs1. The number of benzene rings is 2. The molecule has 0 spiro atoms.